The first kappa shape index (κ1) is 11.3. The molecule has 0 spiro atoms. The van der Waals surface area contributed by atoms with E-state index in [0.29, 0.717) is 0 Å². The van der Waals surface area contributed by atoms with E-state index in [9.17, 15) is 9.18 Å². The van der Waals surface area contributed by atoms with Crippen molar-refractivity contribution in [3.05, 3.63) is 23.5 Å². The summed E-state index contributed by atoms with van der Waals surface area (Å²) in [4.78, 5) is 10.7. The van der Waals surface area contributed by atoms with Gasteiger partial charge in [0.25, 0.3) is 0 Å². The van der Waals surface area contributed by atoms with Crippen LogP contribution in [0, 0.1) is 5.82 Å². The van der Waals surface area contributed by atoms with Gasteiger partial charge in [-0.25, -0.2) is 9.18 Å². The summed E-state index contributed by atoms with van der Waals surface area (Å²) < 4.78 is 18.4. The zero-order valence-corrected chi connectivity index (χ0v) is 8.45. The van der Waals surface area contributed by atoms with E-state index in [2.05, 4.69) is 0 Å². The lowest BCUT2D eigenvalue weighted by Gasteiger charge is -2.12. The Kier molecular flexibility index (Phi) is 3.14. The summed E-state index contributed by atoms with van der Waals surface area (Å²) in [6.07, 6.45) is -0.232. The van der Waals surface area contributed by atoms with Gasteiger partial charge in [0.15, 0.2) is 11.6 Å². The molecule has 0 aromatic heterocycles. The summed E-state index contributed by atoms with van der Waals surface area (Å²) in [5, 5.41) is 8.76. The monoisotopic (exact) mass is 213 g/mol. The molecule has 0 saturated carbocycles. The van der Waals surface area contributed by atoms with Crippen LogP contribution in [-0.2, 0) is 0 Å². The van der Waals surface area contributed by atoms with Crippen molar-refractivity contribution in [3.63, 3.8) is 0 Å². The second-order valence-corrected chi connectivity index (χ2v) is 3.34. The number of rotatable bonds is 3. The number of hydrogen-bond donors (Lipinski definition) is 2. The van der Waals surface area contributed by atoms with E-state index >= 15 is 0 Å². The van der Waals surface area contributed by atoms with Crippen LogP contribution in [0.2, 0.25) is 0 Å². The van der Waals surface area contributed by atoms with E-state index in [1.54, 1.807) is 13.8 Å². The average molecular weight is 213 g/mol. The van der Waals surface area contributed by atoms with Gasteiger partial charge < -0.3 is 15.6 Å². The standard InChI is InChI=1S/C10H12FNO3/c1-5(2)15-9-3-6(10(13)14)8(12)4-7(9)11/h3-5H,12H2,1-2H3,(H,13,14). The number of ether oxygens (including phenoxy) is 1. The quantitative estimate of drug-likeness (QED) is 0.752. The molecule has 0 bridgehead atoms. The lowest BCUT2D eigenvalue weighted by atomic mass is 10.1. The fourth-order valence-electron chi connectivity index (χ4n) is 1.10. The smallest absolute Gasteiger partial charge is 0.337 e. The molecule has 0 unspecified atom stereocenters. The maximum atomic E-state index is 13.3. The molecule has 0 aliphatic heterocycles. The van der Waals surface area contributed by atoms with Crippen molar-refractivity contribution in [2.45, 2.75) is 20.0 Å². The molecule has 1 rings (SSSR count). The molecule has 1 aromatic rings. The second-order valence-electron chi connectivity index (χ2n) is 3.34. The van der Waals surface area contributed by atoms with Crippen LogP contribution in [0.3, 0.4) is 0 Å². The minimum absolute atomic E-state index is 0.100. The lowest BCUT2D eigenvalue weighted by Crippen LogP contribution is -2.10. The Balaban J connectivity index is 3.17. The van der Waals surface area contributed by atoms with Crippen LogP contribution in [0.4, 0.5) is 10.1 Å². The molecule has 0 heterocycles. The normalized spacial score (nSPS) is 10.4. The van der Waals surface area contributed by atoms with Crippen molar-refractivity contribution in [2.75, 3.05) is 5.73 Å². The Labute approximate surface area is 86.5 Å². The third-order valence-corrected chi connectivity index (χ3v) is 1.70. The van der Waals surface area contributed by atoms with Gasteiger partial charge in [-0.2, -0.15) is 0 Å². The summed E-state index contributed by atoms with van der Waals surface area (Å²) in [6.45, 7) is 3.44. The molecular formula is C10H12FNO3. The predicted octanol–water partition coefficient (Wildman–Crippen LogP) is 1.89. The summed E-state index contributed by atoms with van der Waals surface area (Å²) >= 11 is 0. The second kappa shape index (κ2) is 4.16. The van der Waals surface area contributed by atoms with Crippen LogP contribution >= 0.6 is 0 Å². The van der Waals surface area contributed by atoms with Crippen LogP contribution in [0.5, 0.6) is 5.75 Å². The van der Waals surface area contributed by atoms with Crippen molar-refractivity contribution < 1.29 is 19.0 Å². The van der Waals surface area contributed by atoms with E-state index in [0.717, 1.165) is 12.1 Å². The Morgan fingerprint density at radius 3 is 2.60 bits per heavy atom. The molecule has 0 amide bonds. The number of carbonyl (C=O) groups is 1. The van der Waals surface area contributed by atoms with Gasteiger partial charge >= 0.3 is 5.97 Å². The summed E-state index contributed by atoms with van der Waals surface area (Å²) in [7, 11) is 0. The van der Waals surface area contributed by atoms with Gasteiger partial charge in [-0.15, -0.1) is 0 Å². The lowest BCUT2D eigenvalue weighted by molar-refractivity contribution is 0.0697. The molecule has 5 heteroatoms. The van der Waals surface area contributed by atoms with Crippen molar-refractivity contribution in [1.82, 2.24) is 0 Å². The zero-order chi connectivity index (χ0) is 11.6. The van der Waals surface area contributed by atoms with Gasteiger partial charge in [-0.1, -0.05) is 0 Å². The number of carboxylic acids is 1. The number of anilines is 1. The largest absolute Gasteiger partial charge is 0.488 e. The van der Waals surface area contributed by atoms with E-state index in [1.807, 2.05) is 0 Å². The number of halogens is 1. The van der Waals surface area contributed by atoms with Gasteiger partial charge in [0.1, 0.15) is 0 Å². The molecular weight excluding hydrogens is 201 g/mol. The summed E-state index contributed by atoms with van der Waals surface area (Å²) in [5.41, 5.74) is 5.07. The Bertz CT molecular complexity index is 390. The van der Waals surface area contributed by atoms with E-state index in [-0.39, 0.29) is 23.1 Å². The summed E-state index contributed by atoms with van der Waals surface area (Å²) in [6, 6.07) is 2.04. The first-order valence-electron chi connectivity index (χ1n) is 4.40. The highest BCUT2D eigenvalue weighted by atomic mass is 19.1. The molecule has 15 heavy (non-hydrogen) atoms. The topological polar surface area (TPSA) is 72.5 Å². The molecule has 0 fully saturated rings. The van der Waals surface area contributed by atoms with Gasteiger partial charge in [-0.05, 0) is 19.9 Å². The highest BCUT2D eigenvalue weighted by Gasteiger charge is 2.14. The number of aromatic carboxylic acids is 1. The van der Waals surface area contributed by atoms with Crippen molar-refractivity contribution in [3.8, 4) is 5.75 Å². The van der Waals surface area contributed by atoms with Crippen LogP contribution in [0.25, 0.3) is 0 Å². The first-order chi connectivity index (χ1) is 6.91. The average Bonchev–Trinajstić information content (AvgIpc) is 2.08. The molecule has 82 valence electrons. The van der Waals surface area contributed by atoms with E-state index in [1.165, 1.54) is 0 Å². The Hall–Kier alpha value is -1.78. The first-order valence-corrected chi connectivity index (χ1v) is 4.40. The van der Waals surface area contributed by atoms with Crippen molar-refractivity contribution in [2.24, 2.45) is 0 Å². The van der Waals surface area contributed by atoms with E-state index < -0.39 is 11.8 Å². The number of hydrogen-bond acceptors (Lipinski definition) is 3. The fourth-order valence-corrected chi connectivity index (χ4v) is 1.10. The zero-order valence-electron chi connectivity index (χ0n) is 8.45. The molecule has 0 saturated heterocycles. The number of carboxylic acid groups (broad SMARTS) is 1. The Morgan fingerprint density at radius 2 is 2.13 bits per heavy atom. The Morgan fingerprint density at radius 1 is 1.53 bits per heavy atom. The minimum Gasteiger partial charge on any atom is -0.488 e. The molecule has 0 aliphatic carbocycles. The molecule has 0 atom stereocenters. The van der Waals surface area contributed by atoms with Crippen molar-refractivity contribution >= 4 is 11.7 Å². The highest BCUT2D eigenvalue weighted by Crippen LogP contribution is 2.25. The van der Waals surface area contributed by atoms with Gasteiger partial charge in [0, 0.05) is 11.8 Å². The van der Waals surface area contributed by atoms with E-state index in [4.69, 9.17) is 15.6 Å². The molecule has 4 nitrogen and oxygen atoms in total. The summed E-state index contributed by atoms with van der Waals surface area (Å²) in [5.74, 6) is -1.97. The SMILES string of the molecule is CC(C)Oc1cc(C(=O)O)c(N)cc1F. The van der Waals surface area contributed by atoms with Crippen LogP contribution in [-0.4, -0.2) is 17.2 Å². The maximum absolute atomic E-state index is 13.3. The molecule has 0 aliphatic rings. The molecule has 0 radical (unpaired) electrons. The molecule has 3 N–H and O–H groups in total. The van der Waals surface area contributed by atoms with Gasteiger partial charge in [0.05, 0.1) is 11.7 Å². The van der Waals surface area contributed by atoms with Crippen molar-refractivity contribution in [1.29, 1.82) is 0 Å². The third kappa shape index (κ3) is 2.59. The third-order valence-electron chi connectivity index (χ3n) is 1.70. The molecule has 1 aromatic carbocycles. The highest BCUT2D eigenvalue weighted by molar-refractivity contribution is 5.94. The van der Waals surface area contributed by atoms with Crippen LogP contribution in [0.1, 0.15) is 24.2 Å². The number of nitrogens with two attached hydrogens (primary N) is 1. The maximum Gasteiger partial charge on any atom is 0.337 e. The van der Waals surface area contributed by atoms with Crippen LogP contribution < -0.4 is 10.5 Å². The van der Waals surface area contributed by atoms with Crippen LogP contribution in [0.15, 0.2) is 12.1 Å². The van der Waals surface area contributed by atoms with Gasteiger partial charge in [-0.3, -0.25) is 0 Å². The van der Waals surface area contributed by atoms with Gasteiger partial charge in [0.2, 0.25) is 0 Å². The number of nitrogen functional groups attached to an aromatic ring is 1. The number of benzene rings is 1. The minimum atomic E-state index is -1.21. The fraction of sp³-hybridized carbons (Fsp3) is 0.300. The predicted molar refractivity (Wildman–Crippen MR) is 53.5 cm³/mol.